The van der Waals surface area contributed by atoms with Crippen LogP contribution in [0, 0.1) is 0 Å². The number of hydrogen-bond acceptors (Lipinski definition) is 3. The van der Waals surface area contributed by atoms with Gasteiger partial charge < -0.3 is 10.4 Å². The Morgan fingerprint density at radius 1 is 1.33 bits per heavy atom. The van der Waals surface area contributed by atoms with Crippen LogP contribution < -0.4 is 5.32 Å². The molecule has 1 fully saturated rings. The summed E-state index contributed by atoms with van der Waals surface area (Å²) in [6.45, 7) is 0.667. The highest BCUT2D eigenvalue weighted by molar-refractivity contribution is 8.00. The molecule has 4 heteroatoms. The minimum Gasteiger partial charge on any atom is -0.508 e. The van der Waals surface area contributed by atoms with Crippen molar-refractivity contribution < 1.29 is 9.90 Å². The molecule has 2 N–H and O–H groups in total. The lowest BCUT2D eigenvalue weighted by molar-refractivity contribution is -0.120. The summed E-state index contributed by atoms with van der Waals surface area (Å²) in [5.74, 6) is 1.57. The van der Waals surface area contributed by atoms with E-state index in [1.54, 1.807) is 23.9 Å². The molecule has 0 saturated carbocycles. The van der Waals surface area contributed by atoms with E-state index in [1.807, 2.05) is 12.1 Å². The van der Waals surface area contributed by atoms with Crippen molar-refractivity contribution in [2.45, 2.75) is 30.9 Å². The number of benzene rings is 1. The largest absolute Gasteiger partial charge is 0.508 e. The third kappa shape index (κ3) is 3.95. The number of phenols is 1. The van der Waals surface area contributed by atoms with Crippen molar-refractivity contribution in [3.8, 4) is 5.75 Å². The maximum atomic E-state index is 11.9. The molecule has 1 aliphatic heterocycles. The summed E-state index contributed by atoms with van der Waals surface area (Å²) in [6, 6.07) is 7.12. The predicted molar refractivity (Wildman–Crippen MR) is 74.9 cm³/mol. The van der Waals surface area contributed by atoms with Gasteiger partial charge in [-0.1, -0.05) is 18.6 Å². The molecule has 0 spiro atoms. The average molecular weight is 265 g/mol. The predicted octanol–water partition coefficient (Wildman–Crippen LogP) is 2.34. The van der Waals surface area contributed by atoms with E-state index in [0.29, 0.717) is 6.54 Å². The summed E-state index contributed by atoms with van der Waals surface area (Å²) in [5, 5.41) is 12.3. The summed E-state index contributed by atoms with van der Waals surface area (Å²) >= 11 is 1.77. The minimum absolute atomic E-state index is 0.151. The van der Waals surface area contributed by atoms with E-state index in [9.17, 15) is 4.79 Å². The zero-order valence-electron chi connectivity index (χ0n) is 10.4. The molecule has 1 saturated heterocycles. The van der Waals surface area contributed by atoms with E-state index in [1.165, 1.54) is 12.8 Å². The monoisotopic (exact) mass is 265 g/mol. The van der Waals surface area contributed by atoms with E-state index < -0.39 is 0 Å². The highest BCUT2D eigenvalue weighted by atomic mass is 32.2. The number of hydrogen-bond donors (Lipinski definition) is 2. The van der Waals surface area contributed by atoms with E-state index in [-0.39, 0.29) is 16.9 Å². The molecule has 98 valence electrons. The number of thioether (sulfide) groups is 1. The molecule has 3 nitrogen and oxygen atoms in total. The molecule has 1 unspecified atom stereocenters. The van der Waals surface area contributed by atoms with Crippen LogP contribution in [0.3, 0.4) is 0 Å². The third-order valence-electron chi connectivity index (χ3n) is 3.12. The van der Waals surface area contributed by atoms with Gasteiger partial charge in [-0.15, -0.1) is 11.8 Å². The molecule has 1 aliphatic rings. The molecule has 1 aromatic carbocycles. The van der Waals surface area contributed by atoms with Crippen LogP contribution in [0.25, 0.3) is 0 Å². The van der Waals surface area contributed by atoms with Gasteiger partial charge in [-0.2, -0.15) is 0 Å². The second-order valence-electron chi connectivity index (χ2n) is 4.56. The summed E-state index contributed by atoms with van der Waals surface area (Å²) in [4.78, 5) is 11.9. The first-order valence-corrected chi connectivity index (χ1v) is 7.48. The Morgan fingerprint density at radius 2 is 2.11 bits per heavy atom. The SMILES string of the molecule is O=C(NCCc1ccc(O)cc1)C1CCCCS1. The number of phenolic OH excluding ortho intramolecular Hbond substituents is 1. The number of carbonyl (C=O) groups excluding carboxylic acids is 1. The smallest absolute Gasteiger partial charge is 0.233 e. The van der Waals surface area contributed by atoms with Crippen molar-refractivity contribution in [2.24, 2.45) is 0 Å². The molecule has 0 aliphatic carbocycles. The quantitative estimate of drug-likeness (QED) is 0.878. The van der Waals surface area contributed by atoms with Gasteiger partial charge in [0.15, 0.2) is 0 Å². The topological polar surface area (TPSA) is 49.3 Å². The molecule has 2 rings (SSSR count). The molecular formula is C14H19NO2S. The Balaban J connectivity index is 1.71. The molecule has 1 atom stereocenters. The summed E-state index contributed by atoms with van der Waals surface area (Å²) in [6.07, 6.45) is 4.23. The molecule has 1 amide bonds. The van der Waals surface area contributed by atoms with Gasteiger partial charge in [0.25, 0.3) is 0 Å². The van der Waals surface area contributed by atoms with Gasteiger partial charge in [0.05, 0.1) is 5.25 Å². The second-order valence-corrected chi connectivity index (χ2v) is 5.87. The molecule has 1 heterocycles. The van der Waals surface area contributed by atoms with Crippen LogP contribution in [0.4, 0.5) is 0 Å². The van der Waals surface area contributed by atoms with Gasteiger partial charge in [-0.3, -0.25) is 4.79 Å². The van der Waals surface area contributed by atoms with Crippen LogP contribution in [0.15, 0.2) is 24.3 Å². The highest BCUT2D eigenvalue weighted by Gasteiger charge is 2.20. The Hall–Kier alpha value is -1.16. The lowest BCUT2D eigenvalue weighted by atomic mass is 10.1. The molecular weight excluding hydrogens is 246 g/mol. The Labute approximate surface area is 112 Å². The van der Waals surface area contributed by atoms with E-state index >= 15 is 0 Å². The van der Waals surface area contributed by atoms with Crippen LogP contribution in [0.1, 0.15) is 24.8 Å². The van der Waals surface area contributed by atoms with Crippen LogP contribution in [-0.4, -0.2) is 28.6 Å². The lowest BCUT2D eigenvalue weighted by Crippen LogP contribution is -2.35. The first-order valence-electron chi connectivity index (χ1n) is 6.43. The normalized spacial score (nSPS) is 19.4. The van der Waals surface area contributed by atoms with E-state index in [4.69, 9.17) is 5.11 Å². The zero-order valence-corrected chi connectivity index (χ0v) is 11.2. The fourth-order valence-electron chi connectivity index (χ4n) is 2.05. The van der Waals surface area contributed by atoms with Gasteiger partial charge in [0, 0.05) is 6.54 Å². The van der Waals surface area contributed by atoms with Crippen molar-refractivity contribution in [1.82, 2.24) is 5.32 Å². The van der Waals surface area contributed by atoms with Gasteiger partial charge in [0.1, 0.15) is 5.75 Å². The van der Waals surface area contributed by atoms with Crippen molar-refractivity contribution in [1.29, 1.82) is 0 Å². The van der Waals surface area contributed by atoms with Crippen LogP contribution in [0.5, 0.6) is 5.75 Å². The van der Waals surface area contributed by atoms with Gasteiger partial charge in [-0.25, -0.2) is 0 Å². The van der Waals surface area contributed by atoms with Crippen LogP contribution >= 0.6 is 11.8 Å². The Bertz CT molecular complexity index is 385. The summed E-state index contributed by atoms with van der Waals surface area (Å²) in [5.41, 5.74) is 1.13. The number of carbonyl (C=O) groups is 1. The van der Waals surface area contributed by atoms with E-state index in [0.717, 1.165) is 24.2 Å². The molecule has 0 bridgehead atoms. The number of aromatic hydroxyl groups is 1. The Kier molecular flexibility index (Phi) is 4.93. The van der Waals surface area contributed by atoms with Crippen molar-refractivity contribution in [2.75, 3.05) is 12.3 Å². The second kappa shape index (κ2) is 6.69. The van der Waals surface area contributed by atoms with Gasteiger partial charge in [0.2, 0.25) is 5.91 Å². The Morgan fingerprint density at radius 3 is 2.78 bits per heavy atom. The van der Waals surface area contributed by atoms with Crippen molar-refractivity contribution >= 4 is 17.7 Å². The molecule has 18 heavy (non-hydrogen) atoms. The van der Waals surface area contributed by atoms with E-state index in [2.05, 4.69) is 5.32 Å². The van der Waals surface area contributed by atoms with Crippen LogP contribution in [-0.2, 0) is 11.2 Å². The van der Waals surface area contributed by atoms with Crippen LogP contribution in [0.2, 0.25) is 0 Å². The molecule has 1 aromatic rings. The summed E-state index contributed by atoms with van der Waals surface area (Å²) in [7, 11) is 0. The number of amides is 1. The third-order valence-corrected chi connectivity index (χ3v) is 4.50. The average Bonchev–Trinajstić information content (AvgIpc) is 2.42. The van der Waals surface area contributed by atoms with Gasteiger partial charge >= 0.3 is 0 Å². The van der Waals surface area contributed by atoms with Gasteiger partial charge in [-0.05, 0) is 42.7 Å². The minimum atomic E-state index is 0.151. The highest BCUT2D eigenvalue weighted by Crippen LogP contribution is 2.24. The van der Waals surface area contributed by atoms with Crippen molar-refractivity contribution in [3.05, 3.63) is 29.8 Å². The fourth-order valence-corrected chi connectivity index (χ4v) is 3.28. The molecule has 0 aromatic heterocycles. The first kappa shape index (κ1) is 13.3. The lowest BCUT2D eigenvalue weighted by Gasteiger charge is -2.20. The molecule has 0 radical (unpaired) electrons. The maximum Gasteiger partial charge on any atom is 0.233 e. The van der Waals surface area contributed by atoms with Crippen molar-refractivity contribution in [3.63, 3.8) is 0 Å². The fraction of sp³-hybridized carbons (Fsp3) is 0.500. The standard InChI is InChI=1S/C14H19NO2S/c16-12-6-4-11(5-7-12)8-9-15-14(17)13-3-1-2-10-18-13/h4-7,13,16H,1-3,8-10H2,(H,15,17). The zero-order chi connectivity index (χ0) is 12.8. The first-order chi connectivity index (χ1) is 8.75. The number of rotatable bonds is 4. The number of nitrogens with one attached hydrogen (secondary N) is 1. The maximum absolute atomic E-state index is 11.9. The summed E-state index contributed by atoms with van der Waals surface area (Å²) < 4.78 is 0.